The first-order chi connectivity index (χ1) is 11.1. The topological polar surface area (TPSA) is 46.9 Å². The molecule has 1 aromatic heterocycles. The number of hydrogen-bond acceptors (Lipinski definition) is 2. The molecule has 3 aromatic rings. The van der Waals surface area contributed by atoms with Crippen LogP contribution in [0, 0.1) is 13.8 Å². The van der Waals surface area contributed by atoms with E-state index >= 15 is 0 Å². The van der Waals surface area contributed by atoms with Crippen LogP contribution in [0.3, 0.4) is 0 Å². The molecule has 0 aliphatic rings. The molecule has 2 aromatic carbocycles. The largest absolute Gasteiger partial charge is 0.322 e. The summed E-state index contributed by atoms with van der Waals surface area (Å²) in [6.45, 7) is 3.97. The Morgan fingerprint density at radius 2 is 1.70 bits per heavy atom. The lowest BCUT2D eigenvalue weighted by atomic mass is 10.2. The van der Waals surface area contributed by atoms with E-state index in [2.05, 4.69) is 26.3 Å². The number of anilines is 1. The van der Waals surface area contributed by atoms with Crippen LogP contribution in [-0.4, -0.2) is 15.7 Å². The number of aryl methyl sites for hydroxylation is 1. The second-order valence-electron chi connectivity index (χ2n) is 5.26. The van der Waals surface area contributed by atoms with Crippen molar-refractivity contribution >= 4 is 27.5 Å². The molecule has 0 aliphatic carbocycles. The molecule has 116 valence electrons. The molecule has 0 saturated carbocycles. The highest BCUT2D eigenvalue weighted by molar-refractivity contribution is 9.10. The molecule has 0 spiro atoms. The summed E-state index contributed by atoms with van der Waals surface area (Å²) in [6.07, 6.45) is 0. The van der Waals surface area contributed by atoms with Gasteiger partial charge in [0.05, 0.1) is 21.5 Å². The van der Waals surface area contributed by atoms with E-state index in [0.717, 1.165) is 27.2 Å². The second kappa shape index (κ2) is 6.38. The van der Waals surface area contributed by atoms with Crippen LogP contribution >= 0.6 is 15.9 Å². The maximum absolute atomic E-state index is 12.1. The number of carbonyl (C=O) groups is 1. The zero-order valence-corrected chi connectivity index (χ0v) is 14.5. The number of nitrogens with zero attached hydrogens (tertiary/aromatic N) is 2. The van der Waals surface area contributed by atoms with Gasteiger partial charge in [0, 0.05) is 11.3 Å². The van der Waals surface area contributed by atoms with Crippen molar-refractivity contribution < 1.29 is 4.79 Å². The van der Waals surface area contributed by atoms with Crippen LogP contribution in [0.5, 0.6) is 0 Å². The third-order valence-electron chi connectivity index (χ3n) is 3.61. The van der Waals surface area contributed by atoms with Crippen molar-refractivity contribution in [1.82, 2.24) is 9.78 Å². The smallest absolute Gasteiger partial charge is 0.255 e. The van der Waals surface area contributed by atoms with Crippen LogP contribution in [0.15, 0.2) is 59.1 Å². The summed E-state index contributed by atoms with van der Waals surface area (Å²) in [6, 6.07) is 16.8. The zero-order chi connectivity index (χ0) is 16.4. The van der Waals surface area contributed by atoms with E-state index in [1.807, 2.05) is 61.0 Å². The van der Waals surface area contributed by atoms with Crippen LogP contribution in [0.25, 0.3) is 5.69 Å². The monoisotopic (exact) mass is 369 g/mol. The van der Waals surface area contributed by atoms with Crippen molar-refractivity contribution in [1.29, 1.82) is 0 Å². The predicted molar refractivity (Wildman–Crippen MR) is 95.1 cm³/mol. The second-order valence-corrected chi connectivity index (χ2v) is 6.06. The molecule has 3 rings (SSSR count). The zero-order valence-electron chi connectivity index (χ0n) is 12.9. The molecule has 4 nitrogen and oxygen atoms in total. The van der Waals surface area contributed by atoms with Gasteiger partial charge >= 0.3 is 0 Å². The third kappa shape index (κ3) is 3.19. The molecule has 1 amide bonds. The summed E-state index contributed by atoms with van der Waals surface area (Å²) in [5.41, 5.74) is 4.34. The van der Waals surface area contributed by atoms with Gasteiger partial charge in [-0.15, -0.1) is 0 Å². The first-order valence-corrected chi connectivity index (χ1v) is 8.04. The van der Waals surface area contributed by atoms with Gasteiger partial charge in [-0.2, -0.15) is 5.10 Å². The van der Waals surface area contributed by atoms with Crippen LogP contribution in [0.4, 0.5) is 5.69 Å². The number of benzene rings is 2. The fourth-order valence-corrected chi connectivity index (χ4v) is 2.60. The van der Waals surface area contributed by atoms with Crippen molar-refractivity contribution in [3.63, 3.8) is 0 Å². The Bertz CT molecular complexity index is 839. The van der Waals surface area contributed by atoms with E-state index in [1.54, 1.807) is 12.1 Å². The quantitative estimate of drug-likeness (QED) is 0.738. The Kier molecular flexibility index (Phi) is 4.30. The summed E-state index contributed by atoms with van der Waals surface area (Å²) >= 11 is 3.53. The van der Waals surface area contributed by atoms with E-state index in [4.69, 9.17) is 0 Å². The SMILES string of the molecule is Cc1nn(-c2ccc(NC(=O)c3ccccc3)cc2)c(C)c1Br. The highest BCUT2D eigenvalue weighted by Crippen LogP contribution is 2.23. The van der Waals surface area contributed by atoms with Gasteiger partial charge in [-0.05, 0) is 66.2 Å². The Hall–Kier alpha value is -2.40. The third-order valence-corrected chi connectivity index (χ3v) is 4.76. The molecule has 0 unspecified atom stereocenters. The van der Waals surface area contributed by atoms with Crippen molar-refractivity contribution in [2.45, 2.75) is 13.8 Å². The summed E-state index contributed by atoms with van der Waals surface area (Å²) in [4.78, 5) is 12.1. The first kappa shape index (κ1) is 15.5. The number of hydrogen-bond donors (Lipinski definition) is 1. The van der Waals surface area contributed by atoms with Gasteiger partial charge in [0.1, 0.15) is 0 Å². The molecule has 0 fully saturated rings. The van der Waals surface area contributed by atoms with Crippen LogP contribution < -0.4 is 5.32 Å². The number of amides is 1. The lowest BCUT2D eigenvalue weighted by Gasteiger charge is -2.08. The van der Waals surface area contributed by atoms with Crippen molar-refractivity contribution in [3.8, 4) is 5.69 Å². The lowest BCUT2D eigenvalue weighted by Crippen LogP contribution is -2.11. The van der Waals surface area contributed by atoms with Crippen molar-refractivity contribution in [3.05, 3.63) is 76.0 Å². The van der Waals surface area contributed by atoms with E-state index in [1.165, 1.54) is 0 Å². The van der Waals surface area contributed by atoms with Crippen LogP contribution in [0.1, 0.15) is 21.7 Å². The maximum atomic E-state index is 12.1. The van der Waals surface area contributed by atoms with E-state index in [-0.39, 0.29) is 5.91 Å². The molecule has 1 N–H and O–H groups in total. The number of nitrogens with one attached hydrogen (secondary N) is 1. The molecule has 0 atom stereocenters. The van der Waals surface area contributed by atoms with Gasteiger partial charge < -0.3 is 5.32 Å². The summed E-state index contributed by atoms with van der Waals surface area (Å²) < 4.78 is 2.89. The fourth-order valence-electron chi connectivity index (χ4n) is 2.35. The number of aromatic nitrogens is 2. The predicted octanol–water partition coefficient (Wildman–Crippen LogP) is 4.50. The molecular weight excluding hydrogens is 354 g/mol. The molecule has 0 bridgehead atoms. The summed E-state index contributed by atoms with van der Waals surface area (Å²) in [5.74, 6) is -0.118. The Balaban J connectivity index is 1.80. The van der Waals surface area contributed by atoms with Gasteiger partial charge in [-0.25, -0.2) is 4.68 Å². The molecular formula is C18H16BrN3O. The van der Waals surface area contributed by atoms with Gasteiger partial charge in [0.15, 0.2) is 0 Å². The van der Waals surface area contributed by atoms with Crippen LogP contribution in [-0.2, 0) is 0 Å². The Morgan fingerprint density at radius 3 is 2.26 bits per heavy atom. The first-order valence-electron chi connectivity index (χ1n) is 7.25. The van der Waals surface area contributed by atoms with E-state index < -0.39 is 0 Å². The van der Waals surface area contributed by atoms with Gasteiger partial charge in [-0.3, -0.25) is 4.79 Å². The molecule has 1 heterocycles. The molecule has 0 radical (unpaired) electrons. The minimum Gasteiger partial charge on any atom is -0.322 e. The average Bonchev–Trinajstić information content (AvgIpc) is 2.84. The number of halogens is 1. The molecule has 23 heavy (non-hydrogen) atoms. The minimum atomic E-state index is -0.118. The molecule has 5 heteroatoms. The average molecular weight is 370 g/mol. The van der Waals surface area contributed by atoms with Gasteiger partial charge in [0.25, 0.3) is 5.91 Å². The molecule has 0 saturated heterocycles. The lowest BCUT2D eigenvalue weighted by molar-refractivity contribution is 0.102. The van der Waals surface area contributed by atoms with E-state index in [0.29, 0.717) is 5.56 Å². The Labute approximate surface area is 143 Å². The van der Waals surface area contributed by atoms with Crippen molar-refractivity contribution in [2.75, 3.05) is 5.32 Å². The number of rotatable bonds is 3. The Morgan fingerprint density at radius 1 is 1.04 bits per heavy atom. The van der Waals surface area contributed by atoms with Gasteiger partial charge in [-0.1, -0.05) is 18.2 Å². The summed E-state index contributed by atoms with van der Waals surface area (Å²) in [5, 5.41) is 7.39. The minimum absolute atomic E-state index is 0.118. The fraction of sp³-hybridized carbons (Fsp3) is 0.111. The van der Waals surface area contributed by atoms with Crippen LogP contribution in [0.2, 0.25) is 0 Å². The van der Waals surface area contributed by atoms with E-state index in [9.17, 15) is 4.79 Å². The highest BCUT2D eigenvalue weighted by Gasteiger charge is 2.10. The molecule has 0 aliphatic heterocycles. The highest BCUT2D eigenvalue weighted by atomic mass is 79.9. The summed E-state index contributed by atoms with van der Waals surface area (Å²) in [7, 11) is 0. The standard InChI is InChI=1S/C18H16BrN3O/c1-12-17(19)13(2)22(21-12)16-10-8-15(9-11-16)20-18(23)14-6-4-3-5-7-14/h3-11H,1-2H3,(H,20,23). The maximum Gasteiger partial charge on any atom is 0.255 e. The normalized spacial score (nSPS) is 10.6. The number of carbonyl (C=O) groups excluding carboxylic acids is 1. The van der Waals surface area contributed by atoms with Crippen molar-refractivity contribution in [2.24, 2.45) is 0 Å². The van der Waals surface area contributed by atoms with Gasteiger partial charge in [0.2, 0.25) is 0 Å².